The van der Waals surface area contributed by atoms with Crippen molar-refractivity contribution in [2.45, 2.75) is 11.3 Å². The summed E-state index contributed by atoms with van der Waals surface area (Å²) in [5, 5.41) is 2.58. The normalized spacial score (nSPS) is 14.2. The van der Waals surface area contributed by atoms with Crippen molar-refractivity contribution in [2.75, 3.05) is 57.3 Å². The molecule has 0 radical (unpaired) electrons. The van der Waals surface area contributed by atoms with Crippen LogP contribution in [-0.4, -0.2) is 61.4 Å². The van der Waals surface area contributed by atoms with Crippen LogP contribution in [0.25, 0.3) is 0 Å². The van der Waals surface area contributed by atoms with Crippen molar-refractivity contribution in [1.82, 2.24) is 4.72 Å². The number of morpholine rings is 1. The number of anilines is 2. The van der Waals surface area contributed by atoms with E-state index in [1.54, 1.807) is 12.1 Å². The van der Waals surface area contributed by atoms with Gasteiger partial charge in [-0.3, -0.25) is 4.79 Å². The van der Waals surface area contributed by atoms with Crippen LogP contribution in [0.4, 0.5) is 15.8 Å². The number of sulfonamides is 1. The van der Waals surface area contributed by atoms with Gasteiger partial charge in [0.2, 0.25) is 15.9 Å². The van der Waals surface area contributed by atoms with E-state index in [1.807, 2.05) is 4.90 Å². The van der Waals surface area contributed by atoms with Crippen molar-refractivity contribution in [2.24, 2.45) is 0 Å². The van der Waals surface area contributed by atoms with E-state index in [0.29, 0.717) is 43.4 Å². The highest BCUT2D eigenvalue weighted by Gasteiger charge is 2.18. The largest absolute Gasteiger partial charge is 0.493 e. The summed E-state index contributed by atoms with van der Waals surface area (Å²) in [5.74, 6) is -0.217. The molecule has 0 atom stereocenters. The third-order valence-corrected chi connectivity index (χ3v) is 6.35. The van der Waals surface area contributed by atoms with Crippen molar-refractivity contribution in [1.29, 1.82) is 0 Å². The van der Waals surface area contributed by atoms with E-state index in [9.17, 15) is 17.6 Å². The average Bonchev–Trinajstić information content (AvgIpc) is 2.79. The Balaban J connectivity index is 1.54. The van der Waals surface area contributed by atoms with Gasteiger partial charge in [0, 0.05) is 37.8 Å². The van der Waals surface area contributed by atoms with E-state index in [4.69, 9.17) is 14.2 Å². The van der Waals surface area contributed by atoms with Crippen LogP contribution in [0.15, 0.2) is 41.3 Å². The molecule has 0 bridgehead atoms. The summed E-state index contributed by atoms with van der Waals surface area (Å²) in [6.45, 7) is 2.15. The first-order valence-corrected chi connectivity index (χ1v) is 11.5. The van der Waals surface area contributed by atoms with Crippen molar-refractivity contribution in [3.8, 4) is 11.5 Å². The maximum Gasteiger partial charge on any atom is 0.240 e. The molecule has 0 saturated carbocycles. The van der Waals surface area contributed by atoms with Crippen molar-refractivity contribution in [3.63, 3.8) is 0 Å². The lowest BCUT2D eigenvalue weighted by Gasteiger charge is -2.29. The minimum atomic E-state index is -3.85. The lowest BCUT2D eigenvalue weighted by molar-refractivity contribution is -0.116. The number of carbonyl (C=O) groups is 1. The maximum atomic E-state index is 14.5. The molecule has 2 aromatic carbocycles. The third kappa shape index (κ3) is 5.87. The van der Waals surface area contributed by atoms with E-state index in [2.05, 4.69) is 10.0 Å². The second-order valence-corrected chi connectivity index (χ2v) is 8.75. The molecular weight excluding hydrogens is 441 g/mol. The standard InChI is InChI=1S/C21H26FN3O6S/c1-29-19-6-4-16(14-20(19)30-2)32(27,28)23-8-7-21(26)24-15-3-5-18(17(22)13-15)25-9-11-31-12-10-25/h3-6,13-14,23H,7-12H2,1-2H3,(H,24,26). The molecule has 1 aliphatic heterocycles. The molecule has 0 spiro atoms. The summed E-state index contributed by atoms with van der Waals surface area (Å²) < 4.78 is 57.2. The summed E-state index contributed by atoms with van der Waals surface area (Å²) in [6, 6.07) is 8.66. The van der Waals surface area contributed by atoms with E-state index in [0.717, 1.165) is 0 Å². The Bertz CT molecular complexity index is 1060. The molecule has 1 aliphatic rings. The first-order chi connectivity index (χ1) is 15.3. The van der Waals surface area contributed by atoms with Crippen LogP contribution in [0.3, 0.4) is 0 Å². The third-order valence-electron chi connectivity index (χ3n) is 4.89. The predicted molar refractivity (Wildman–Crippen MR) is 117 cm³/mol. The van der Waals surface area contributed by atoms with Gasteiger partial charge in [-0.05, 0) is 30.3 Å². The number of nitrogens with one attached hydrogen (secondary N) is 2. The molecule has 1 amide bonds. The van der Waals surface area contributed by atoms with Gasteiger partial charge in [-0.2, -0.15) is 0 Å². The SMILES string of the molecule is COc1ccc(S(=O)(=O)NCCC(=O)Nc2ccc(N3CCOCC3)c(F)c2)cc1OC. The minimum absolute atomic E-state index is 0.0173. The molecule has 0 aliphatic carbocycles. The molecular formula is C21H26FN3O6S. The topological polar surface area (TPSA) is 106 Å². The summed E-state index contributed by atoms with van der Waals surface area (Å²) in [4.78, 5) is 14.0. The van der Waals surface area contributed by atoms with Gasteiger partial charge >= 0.3 is 0 Å². The van der Waals surface area contributed by atoms with Crippen LogP contribution < -0.4 is 24.4 Å². The Morgan fingerprint density at radius 3 is 2.47 bits per heavy atom. The molecule has 0 unspecified atom stereocenters. The zero-order valence-electron chi connectivity index (χ0n) is 17.9. The second kappa shape index (κ2) is 10.6. The lowest BCUT2D eigenvalue weighted by Crippen LogP contribution is -2.36. The molecule has 9 nitrogen and oxygen atoms in total. The number of benzene rings is 2. The average molecular weight is 468 g/mol. The van der Waals surface area contributed by atoms with Gasteiger partial charge < -0.3 is 24.4 Å². The van der Waals surface area contributed by atoms with Gasteiger partial charge in [-0.15, -0.1) is 0 Å². The molecule has 174 valence electrons. The van der Waals surface area contributed by atoms with Crippen LogP contribution in [-0.2, 0) is 19.6 Å². The van der Waals surface area contributed by atoms with Gasteiger partial charge in [-0.1, -0.05) is 0 Å². The summed E-state index contributed by atoms with van der Waals surface area (Å²) in [5.41, 5.74) is 0.751. The van der Waals surface area contributed by atoms with Crippen LogP contribution in [0.1, 0.15) is 6.42 Å². The first-order valence-electron chi connectivity index (χ1n) is 9.98. The molecule has 2 aromatic rings. The monoisotopic (exact) mass is 467 g/mol. The predicted octanol–water partition coefficient (Wildman–Crippen LogP) is 1.99. The highest BCUT2D eigenvalue weighted by atomic mass is 32.2. The van der Waals surface area contributed by atoms with E-state index >= 15 is 0 Å². The van der Waals surface area contributed by atoms with Gasteiger partial charge in [0.05, 0.1) is 38.0 Å². The zero-order chi connectivity index (χ0) is 23.1. The van der Waals surface area contributed by atoms with Crippen LogP contribution >= 0.6 is 0 Å². The molecule has 1 heterocycles. The number of hydrogen-bond donors (Lipinski definition) is 2. The van der Waals surface area contributed by atoms with Crippen molar-refractivity contribution in [3.05, 3.63) is 42.2 Å². The fourth-order valence-corrected chi connectivity index (χ4v) is 4.28. The quantitative estimate of drug-likeness (QED) is 0.581. The summed E-state index contributed by atoms with van der Waals surface area (Å²) in [7, 11) is -0.998. The highest BCUT2D eigenvalue weighted by molar-refractivity contribution is 7.89. The number of amides is 1. The number of methoxy groups -OCH3 is 2. The maximum absolute atomic E-state index is 14.5. The highest BCUT2D eigenvalue weighted by Crippen LogP contribution is 2.29. The minimum Gasteiger partial charge on any atom is -0.493 e. The Morgan fingerprint density at radius 2 is 1.81 bits per heavy atom. The van der Waals surface area contributed by atoms with E-state index in [-0.39, 0.29) is 23.6 Å². The van der Waals surface area contributed by atoms with E-state index < -0.39 is 21.7 Å². The Hall–Kier alpha value is -2.89. The molecule has 1 fully saturated rings. The van der Waals surface area contributed by atoms with Crippen LogP contribution in [0.5, 0.6) is 11.5 Å². The molecule has 32 heavy (non-hydrogen) atoms. The van der Waals surface area contributed by atoms with Crippen molar-refractivity contribution >= 4 is 27.3 Å². The van der Waals surface area contributed by atoms with Gasteiger partial charge in [-0.25, -0.2) is 17.5 Å². The number of halogens is 1. The fraction of sp³-hybridized carbons (Fsp3) is 0.381. The van der Waals surface area contributed by atoms with Gasteiger partial charge in [0.15, 0.2) is 11.5 Å². The lowest BCUT2D eigenvalue weighted by atomic mass is 10.2. The molecule has 0 aromatic heterocycles. The number of ether oxygens (including phenoxy) is 3. The Labute approximate surface area is 186 Å². The number of nitrogens with zero attached hydrogens (tertiary/aromatic N) is 1. The summed E-state index contributed by atoms with van der Waals surface area (Å²) in [6.07, 6.45) is -0.126. The molecule has 2 N–H and O–H groups in total. The second-order valence-electron chi connectivity index (χ2n) is 6.98. The molecule has 11 heteroatoms. The molecule has 3 rings (SSSR count). The molecule has 1 saturated heterocycles. The first kappa shape index (κ1) is 23.8. The fourth-order valence-electron chi connectivity index (χ4n) is 3.23. The van der Waals surface area contributed by atoms with Crippen LogP contribution in [0, 0.1) is 5.82 Å². The van der Waals surface area contributed by atoms with Gasteiger partial charge in [0.1, 0.15) is 5.82 Å². The summed E-state index contributed by atoms with van der Waals surface area (Å²) >= 11 is 0. The smallest absolute Gasteiger partial charge is 0.240 e. The number of carbonyl (C=O) groups excluding carboxylic acids is 1. The van der Waals surface area contributed by atoms with Crippen molar-refractivity contribution < 1.29 is 31.8 Å². The van der Waals surface area contributed by atoms with Gasteiger partial charge in [0.25, 0.3) is 0 Å². The number of rotatable bonds is 9. The number of hydrogen-bond acceptors (Lipinski definition) is 7. The van der Waals surface area contributed by atoms with Crippen LogP contribution in [0.2, 0.25) is 0 Å². The Kier molecular flexibility index (Phi) is 7.89. The van der Waals surface area contributed by atoms with E-state index in [1.165, 1.54) is 38.5 Å². The Morgan fingerprint density at radius 1 is 1.09 bits per heavy atom. The zero-order valence-corrected chi connectivity index (χ0v) is 18.7.